The van der Waals surface area contributed by atoms with Gasteiger partial charge in [0.25, 0.3) is 0 Å². The molecule has 3 aromatic carbocycles. The maximum atomic E-state index is 11.2. The minimum atomic E-state index is -0.883. The van der Waals surface area contributed by atoms with Crippen LogP contribution in [0.5, 0.6) is 0 Å². The third-order valence-electron chi connectivity index (χ3n) is 2.98. The average molecular weight is 242 g/mol. The largest absolute Gasteiger partial charge is 0.478 e. The number of hydrogen-bond acceptors (Lipinski definition) is 1. The van der Waals surface area contributed by atoms with Crippen LogP contribution in [0, 0.1) is 0 Å². The van der Waals surface area contributed by atoms with E-state index in [0.29, 0.717) is 5.56 Å². The summed E-state index contributed by atoms with van der Waals surface area (Å²) in [6, 6.07) is 17.3. The van der Waals surface area contributed by atoms with E-state index in [-0.39, 0.29) is 4.70 Å². The molecule has 0 spiro atoms. The van der Waals surface area contributed by atoms with Gasteiger partial charge in [-0.05, 0) is 39.7 Å². The summed E-state index contributed by atoms with van der Waals surface area (Å²) in [6.07, 6.45) is 0. The molecular weight excluding hydrogens is 231 g/mol. The smallest absolute Gasteiger partial charge is 0.336 e. The van der Waals surface area contributed by atoms with E-state index in [1.807, 2.05) is 42.5 Å². The lowest BCUT2D eigenvalue weighted by Gasteiger charge is -2.05. The van der Waals surface area contributed by atoms with Gasteiger partial charge in [0.15, 0.2) is 0 Å². The predicted octanol–water partition coefficient (Wildman–Crippen LogP) is 3.84. The summed E-state index contributed by atoms with van der Waals surface area (Å²) in [5.41, 5.74) is 0.355. The summed E-state index contributed by atoms with van der Waals surface area (Å²) < 4.78 is 0. The van der Waals surface area contributed by atoms with Gasteiger partial charge in [-0.25, -0.2) is 4.79 Å². The van der Waals surface area contributed by atoms with Gasteiger partial charge in [-0.2, -0.15) is 0 Å². The van der Waals surface area contributed by atoms with Gasteiger partial charge in [0, 0.05) is 0 Å². The lowest BCUT2D eigenvalue weighted by atomic mass is 10.00. The molecule has 0 saturated heterocycles. The Balaban J connectivity index is 0.00000120. The second-order valence-corrected chi connectivity index (χ2v) is 4.03. The van der Waals surface area contributed by atoms with E-state index in [0.717, 1.165) is 21.5 Å². The van der Waals surface area contributed by atoms with Crippen LogP contribution in [0.3, 0.4) is 0 Å². The Morgan fingerprint density at radius 1 is 0.833 bits per heavy atom. The fourth-order valence-corrected chi connectivity index (χ4v) is 2.15. The molecule has 18 heavy (non-hydrogen) atoms. The summed E-state index contributed by atoms with van der Waals surface area (Å²) in [5.74, 6) is -0.883. The Hall–Kier alpha value is -2.42. The molecule has 0 radical (unpaired) electrons. The molecule has 0 aliphatic carbocycles. The van der Waals surface area contributed by atoms with Crippen LogP contribution in [0.1, 0.15) is 10.4 Å². The number of hydrogen-bond donors (Lipinski definition) is 1. The first kappa shape index (κ1) is 12.0. The predicted molar refractivity (Wildman–Crippen MR) is 70.9 cm³/mol. The van der Waals surface area contributed by atoms with E-state index in [1.54, 1.807) is 12.1 Å². The van der Waals surface area contributed by atoms with Gasteiger partial charge >= 0.3 is 5.97 Å². The molecule has 3 rings (SSSR count). The maximum absolute atomic E-state index is 11.2. The van der Waals surface area contributed by atoms with Crippen LogP contribution in [-0.2, 0) is 0 Å². The first-order chi connectivity index (χ1) is 8.25. The Morgan fingerprint density at radius 3 is 2.11 bits per heavy atom. The molecule has 0 aliphatic heterocycles. The van der Waals surface area contributed by atoms with Crippen molar-refractivity contribution in [3.63, 3.8) is 0 Å². The first-order valence-corrected chi connectivity index (χ1v) is 5.40. The second-order valence-electron chi connectivity index (χ2n) is 4.03. The molecule has 0 heterocycles. The van der Waals surface area contributed by atoms with E-state index >= 15 is 0 Å². The van der Waals surface area contributed by atoms with Gasteiger partial charge in [-0.15, -0.1) is 0 Å². The monoisotopic (exact) mass is 242 g/mol. The fraction of sp³-hybridized carbons (Fsp3) is 0. The topological polar surface area (TPSA) is 37.3 Å². The van der Waals surface area contributed by atoms with Crippen LogP contribution < -0.4 is 0 Å². The highest BCUT2D eigenvalue weighted by Gasteiger charge is 2.08. The van der Waals surface area contributed by atoms with Crippen LogP contribution in [0.4, 0.5) is 4.70 Å². The number of carbonyl (C=O) groups is 1. The summed E-state index contributed by atoms with van der Waals surface area (Å²) in [7, 11) is 0. The molecule has 0 fully saturated rings. The summed E-state index contributed by atoms with van der Waals surface area (Å²) in [4.78, 5) is 11.2. The van der Waals surface area contributed by atoms with Gasteiger partial charge in [-0.3, -0.25) is 4.70 Å². The summed E-state index contributed by atoms with van der Waals surface area (Å²) in [6.45, 7) is 0. The SMILES string of the molecule is F.O=C(O)c1cccc2cc3ccccc3cc12. The number of benzene rings is 3. The highest BCUT2D eigenvalue weighted by atomic mass is 19.0. The fourth-order valence-electron chi connectivity index (χ4n) is 2.15. The normalized spacial score (nSPS) is 10.2. The third kappa shape index (κ3) is 1.80. The molecule has 0 unspecified atom stereocenters. The van der Waals surface area contributed by atoms with E-state index in [9.17, 15) is 4.79 Å². The van der Waals surface area contributed by atoms with E-state index in [4.69, 9.17) is 5.11 Å². The molecule has 0 aliphatic rings. The lowest BCUT2D eigenvalue weighted by Crippen LogP contribution is -1.96. The van der Waals surface area contributed by atoms with Gasteiger partial charge < -0.3 is 5.11 Å². The molecule has 0 saturated carbocycles. The minimum absolute atomic E-state index is 0. The van der Waals surface area contributed by atoms with Crippen molar-refractivity contribution in [2.24, 2.45) is 0 Å². The highest BCUT2D eigenvalue weighted by molar-refractivity contribution is 6.08. The molecule has 3 aromatic rings. The van der Waals surface area contributed by atoms with Crippen LogP contribution in [-0.4, -0.2) is 11.1 Å². The Kier molecular flexibility index (Phi) is 2.98. The van der Waals surface area contributed by atoms with Crippen molar-refractivity contribution in [2.45, 2.75) is 0 Å². The van der Waals surface area contributed by atoms with E-state index in [1.165, 1.54) is 0 Å². The number of aromatic carboxylic acids is 1. The molecule has 3 heteroatoms. The molecule has 90 valence electrons. The number of rotatable bonds is 1. The van der Waals surface area contributed by atoms with Crippen molar-refractivity contribution < 1.29 is 14.6 Å². The van der Waals surface area contributed by atoms with Gasteiger partial charge in [0.1, 0.15) is 0 Å². The number of fused-ring (bicyclic) bond motifs is 2. The zero-order valence-electron chi connectivity index (χ0n) is 9.46. The van der Waals surface area contributed by atoms with Crippen molar-refractivity contribution in [3.8, 4) is 0 Å². The molecule has 0 amide bonds. The van der Waals surface area contributed by atoms with E-state index < -0.39 is 5.97 Å². The van der Waals surface area contributed by atoms with Crippen molar-refractivity contribution >= 4 is 27.5 Å². The van der Waals surface area contributed by atoms with Crippen LogP contribution in [0.25, 0.3) is 21.5 Å². The van der Waals surface area contributed by atoms with Crippen molar-refractivity contribution in [3.05, 3.63) is 60.2 Å². The average Bonchev–Trinajstić information content (AvgIpc) is 2.35. The van der Waals surface area contributed by atoms with Crippen molar-refractivity contribution in [1.29, 1.82) is 0 Å². The van der Waals surface area contributed by atoms with Crippen molar-refractivity contribution in [2.75, 3.05) is 0 Å². The molecular formula is C15H11FO2. The van der Waals surface area contributed by atoms with Gasteiger partial charge in [-0.1, -0.05) is 36.4 Å². The summed E-state index contributed by atoms with van der Waals surface area (Å²) in [5, 5.41) is 13.1. The number of carboxylic acids is 1. The number of carboxylic acid groups (broad SMARTS) is 1. The Morgan fingerprint density at radius 2 is 1.44 bits per heavy atom. The van der Waals surface area contributed by atoms with Gasteiger partial charge in [0.05, 0.1) is 5.56 Å². The van der Waals surface area contributed by atoms with Crippen LogP contribution >= 0.6 is 0 Å². The molecule has 0 aromatic heterocycles. The zero-order chi connectivity index (χ0) is 11.8. The maximum Gasteiger partial charge on any atom is 0.336 e. The second kappa shape index (κ2) is 4.45. The molecule has 2 nitrogen and oxygen atoms in total. The summed E-state index contributed by atoms with van der Waals surface area (Å²) >= 11 is 0. The lowest BCUT2D eigenvalue weighted by molar-refractivity contribution is 0.0699. The third-order valence-corrected chi connectivity index (χ3v) is 2.98. The van der Waals surface area contributed by atoms with Gasteiger partial charge in [0.2, 0.25) is 0 Å². The zero-order valence-corrected chi connectivity index (χ0v) is 9.46. The van der Waals surface area contributed by atoms with Crippen LogP contribution in [0.2, 0.25) is 0 Å². The van der Waals surface area contributed by atoms with Crippen molar-refractivity contribution in [1.82, 2.24) is 0 Å². The Bertz CT molecular complexity index is 735. The highest BCUT2D eigenvalue weighted by Crippen LogP contribution is 2.25. The standard InChI is InChI=1S/C15H10O2.FH/c16-15(17)13-7-3-6-12-8-10-4-1-2-5-11(10)9-14(12)13;/h1-9H,(H,16,17);1H. The molecule has 0 atom stereocenters. The molecule has 0 bridgehead atoms. The first-order valence-electron chi connectivity index (χ1n) is 5.40. The number of halogens is 1. The van der Waals surface area contributed by atoms with Crippen LogP contribution in [0.15, 0.2) is 54.6 Å². The Labute approximate surface area is 103 Å². The quantitative estimate of drug-likeness (QED) is 0.658. The minimum Gasteiger partial charge on any atom is -0.478 e. The van der Waals surface area contributed by atoms with E-state index in [2.05, 4.69) is 0 Å². The molecule has 1 N–H and O–H groups in total.